The van der Waals surface area contributed by atoms with Gasteiger partial charge in [-0.3, -0.25) is 9.78 Å². The predicted octanol–water partition coefficient (Wildman–Crippen LogP) is 4.12. The van der Waals surface area contributed by atoms with Crippen molar-refractivity contribution in [1.29, 1.82) is 5.26 Å². The lowest BCUT2D eigenvalue weighted by Gasteiger charge is -2.13. The van der Waals surface area contributed by atoms with Crippen LogP contribution >= 0.6 is 0 Å². The number of aromatic nitrogens is 1. The first-order chi connectivity index (χ1) is 13.7. The Hall–Kier alpha value is -3.65. The third kappa shape index (κ3) is 3.86. The van der Waals surface area contributed by atoms with Crippen LogP contribution in [0.5, 0.6) is 0 Å². The maximum Gasteiger partial charge on any atom is 0.224 e. The number of carbonyl (C=O) groups excluding carboxylic acids is 1. The van der Waals surface area contributed by atoms with Crippen molar-refractivity contribution < 1.29 is 4.79 Å². The first kappa shape index (κ1) is 17.7. The topological polar surface area (TPSA) is 69.0 Å². The van der Waals surface area contributed by atoms with Gasteiger partial charge in [0.15, 0.2) is 6.19 Å². The molecule has 0 aliphatic carbocycles. The van der Waals surface area contributed by atoms with Crippen LogP contribution in [0.3, 0.4) is 0 Å². The summed E-state index contributed by atoms with van der Waals surface area (Å²) in [6.07, 6.45) is 6.79. The summed E-state index contributed by atoms with van der Waals surface area (Å²) in [5, 5.41) is 12.3. The van der Waals surface area contributed by atoms with Crippen LogP contribution in [0.2, 0.25) is 0 Å². The average molecular weight is 368 g/mol. The molecule has 1 aliphatic rings. The van der Waals surface area contributed by atoms with Crippen LogP contribution in [-0.4, -0.2) is 15.8 Å². The molecule has 1 aromatic heterocycles. The summed E-state index contributed by atoms with van der Waals surface area (Å²) in [6.45, 7) is 1.18. The van der Waals surface area contributed by atoms with E-state index in [1.165, 1.54) is 0 Å². The molecule has 0 fully saturated rings. The second-order valence-corrected chi connectivity index (χ2v) is 6.89. The highest BCUT2D eigenvalue weighted by atomic mass is 16.1. The zero-order chi connectivity index (χ0) is 19.3. The van der Waals surface area contributed by atoms with Gasteiger partial charge >= 0.3 is 0 Å². The number of carbonyl (C=O) groups is 1. The van der Waals surface area contributed by atoms with Crippen LogP contribution in [-0.2, 0) is 24.3 Å². The maximum absolute atomic E-state index is 12.5. The van der Waals surface area contributed by atoms with Gasteiger partial charge in [-0.05, 0) is 52.4 Å². The first-order valence-corrected chi connectivity index (χ1v) is 9.27. The minimum absolute atomic E-state index is 0.0297. The Morgan fingerprint density at radius 1 is 1.14 bits per heavy atom. The third-order valence-electron chi connectivity index (χ3n) is 4.93. The number of benzene rings is 2. The van der Waals surface area contributed by atoms with Crippen LogP contribution in [0.4, 0.5) is 5.69 Å². The molecule has 138 valence electrons. The van der Waals surface area contributed by atoms with E-state index < -0.39 is 0 Å². The molecule has 0 atom stereocenters. The van der Waals surface area contributed by atoms with E-state index >= 15 is 0 Å². The highest BCUT2D eigenvalue weighted by molar-refractivity contribution is 5.92. The van der Waals surface area contributed by atoms with Gasteiger partial charge in [0, 0.05) is 24.5 Å². The number of pyridine rings is 1. The monoisotopic (exact) mass is 368 g/mol. The van der Waals surface area contributed by atoms with Crippen molar-refractivity contribution in [2.24, 2.45) is 0 Å². The minimum Gasteiger partial charge on any atom is -0.326 e. The lowest BCUT2D eigenvalue weighted by molar-refractivity contribution is -0.116. The number of hydrogen-bond acceptors (Lipinski definition) is 4. The van der Waals surface area contributed by atoms with E-state index in [2.05, 4.69) is 28.6 Å². The molecular formula is C23H20N4O. The first-order valence-electron chi connectivity index (χ1n) is 9.27. The van der Waals surface area contributed by atoms with Crippen LogP contribution in [0, 0.1) is 11.5 Å². The molecule has 2 heterocycles. The molecule has 4 rings (SSSR count). The number of rotatable bonds is 5. The van der Waals surface area contributed by atoms with Crippen molar-refractivity contribution in [3.05, 3.63) is 83.7 Å². The lowest BCUT2D eigenvalue weighted by Crippen LogP contribution is -2.13. The minimum atomic E-state index is -0.0297. The number of amides is 1. The van der Waals surface area contributed by atoms with E-state index in [9.17, 15) is 10.1 Å². The standard InChI is InChI=1S/C23H20N4O/c24-16-27-14-19-11-20(26-23(28)9-8-17-5-4-10-25-13-17)12-21(22(19)15-27)18-6-2-1-3-7-18/h1-7,10-13H,8-9,14-15H2,(H,26,28). The van der Waals surface area contributed by atoms with Gasteiger partial charge in [0.1, 0.15) is 0 Å². The van der Waals surface area contributed by atoms with Gasteiger partial charge in [-0.1, -0.05) is 36.4 Å². The Kier molecular flexibility index (Phi) is 5.03. The van der Waals surface area contributed by atoms with Crippen LogP contribution in [0.1, 0.15) is 23.1 Å². The number of nitriles is 1. The molecule has 0 saturated carbocycles. The zero-order valence-corrected chi connectivity index (χ0v) is 15.4. The maximum atomic E-state index is 12.5. The van der Waals surface area contributed by atoms with E-state index in [1.807, 2.05) is 42.5 Å². The van der Waals surface area contributed by atoms with Gasteiger partial charge < -0.3 is 10.2 Å². The summed E-state index contributed by atoms with van der Waals surface area (Å²) in [5.41, 5.74) is 6.21. The molecule has 0 bridgehead atoms. The largest absolute Gasteiger partial charge is 0.326 e. The van der Waals surface area contributed by atoms with Crippen molar-refractivity contribution >= 4 is 11.6 Å². The summed E-state index contributed by atoms with van der Waals surface area (Å²) in [4.78, 5) is 18.3. The molecule has 0 unspecified atom stereocenters. The summed E-state index contributed by atoms with van der Waals surface area (Å²) >= 11 is 0. The Labute approximate surface area is 164 Å². The van der Waals surface area contributed by atoms with Crippen molar-refractivity contribution in [2.45, 2.75) is 25.9 Å². The molecule has 5 nitrogen and oxygen atoms in total. The molecule has 0 radical (unpaired) electrons. The molecule has 0 spiro atoms. The van der Waals surface area contributed by atoms with E-state index in [-0.39, 0.29) is 5.91 Å². The second-order valence-electron chi connectivity index (χ2n) is 6.89. The van der Waals surface area contributed by atoms with E-state index in [0.29, 0.717) is 25.9 Å². The summed E-state index contributed by atoms with van der Waals surface area (Å²) in [7, 11) is 0. The normalized spacial score (nSPS) is 12.3. The highest BCUT2D eigenvalue weighted by Gasteiger charge is 2.23. The van der Waals surface area contributed by atoms with Gasteiger partial charge in [0.2, 0.25) is 5.91 Å². The zero-order valence-electron chi connectivity index (χ0n) is 15.4. The SMILES string of the molecule is N#CN1Cc2cc(NC(=O)CCc3cccnc3)cc(-c3ccccc3)c2C1. The fraction of sp³-hybridized carbons (Fsp3) is 0.174. The predicted molar refractivity (Wildman–Crippen MR) is 108 cm³/mol. The van der Waals surface area contributed by atoms with Crippen LogP contribution < -0.4 is 5.32 Å². The smallest absolute Gasteiger partial charge is 0.224 e. The van der Waals surface area contributed by atoms with Gasteiger partial charge in [-0.15, -0.1) is 0 Å². The highest BCUT2D eigenvalue weighted by Crippen LogP contribution is 2.35. The number of fused-ring (bicyclic) bond motifs is 1. The van der Waals surface area contributed by atoms with Crippen LogP contribution in [0.15, 0.2) is 67.0 Å². The van der Waals surface area contributed by atoms with Gasteiger partial charge in [-0.25, -0.2) is 0 Å². The summed E-state index contributed by atoms with van der Waals surface area (Å²) < 4.78 is 0. The molecular weight excluding hydrogens is 348 g/mol. The Morgan fingerprint density at radius 2 is 2.00 bits per heavy atom. The van der Waals surface area contributed by atoms with Gasteiger partial charge in [-0.2, -0.15) is 5.26 Å². The average Bonchev–Trinajstić information content (AvgIpc) is 3.16. The second kappa shape index (κ2) is 7.93. The Morgan fingerprint density at radius 3 is 2.75 bits per heavy atom. The molecule has 0 saturated heterocycles. The van der Waals surface area contributed by atoms with Crippen molar-refractivity contribution in [2.75, 3.05) is 5.32 Å². The van der Waals surface area contributed by atoms with Gasteiger partial charge in [0.25, 0.3) is 0 Å². The molecule has 1 aliphatic heterocycles. The van der Waals surface area contributed by atoms with Crippen LogP contribution in [0.25, 0.3) is 11.1 Å². The molecule has 3 aromatic rings. The number of aryl methyl sites for hydroxylation is 1. The fourth-order valence-corrected chi connectivity index (χ4v) is 3.56. The van der Waals surface area contributed by atoms with Crippen molar-refractivity contribution in [3.8, 4) is 17.3 Å². The number of nitrogens with zero attached hydrogens (tertiary/aromatic N) is 3. The molecule has 5 heteroatoms. The fourth-order valence-electron chi connectivity index (χ4n) is 3.56. The van der Waals surface area contributed by atoms with Gasteiger partial charge in [0.05, 0.1) is 13.1 Å². The number of hydrogen-bond donors (Lipinski definition) is 1. The third-order valence-corrected chi connectivity index (χ3v) is 4.93. The Balaban J connectivity index is 1.56. The van der Waals surface area contributed by atoms with Crippen molar-refractivity contribution in [1.82, 2.24) is 9.88 Å². The molecule has 1 amide bonds. The summed E-state index contributed by atoms with van der Waals surface area (Å²) in [5.74, 6) is -0.0297. The Bertz CT molecular complexity index is 1030. The van der Waals surface area contributed by atoms with E-state index in [4.69, 9.17) is 0 Å². The van der Waals surface area contributed by atoms with E-state index in [1.54, 1.807) is 17.3 Å². The lowest BCUT2D eigenvalue weighted by atomic mass is 9.96. The molecule has 28 heavy (non-hydrogen) atoms. The number of anilines is 1. The quantitative estimate of drug-likeness (QED) is 0.688. The van der Waals surface area contributed by atoms with E-state index in [0.717, 1.165) is 33.5 Å². The molecule has 1 N–H and O–H groups in total. The molecule has 2 aromatic carbocycles. The number of nitrogens with one attached hydrogen (secondary N) is 1. The van der Waals surface area contributed by atoms with Crippen molar-refractivity contribution in [3.63, 3.8) is 0 Å². The summed E-state index contributed by atoms with van der Waals surface area (Å²) in [6, 6.07) is 17.9.